The normalized spacial score (nSPS) is 19.9. The SMILES string of the molecule is CC(C)c1cc(O)c2c(c1)OC1(C=C2)CCC1. The van der Waals surface area contributed by atoms with Crippen LogP contribution in [0.3, 0.4) is 0 Å². The molecular formula is C15H18O2. The summed E-state index contributed by atoms with van der Waals surface area (Å²) in [4.78, 5) is 0. The highest BCUT2D eigenvalue weighted by molar-refractivity contribution is 5.68. The third-order valence-electron chi connectivity index (χ3n) is 3.88. The lowest BCUT2D eigenvalue weighted by Gasteiger charge is -2.42. The van der Waals surface area contributed by atoms with Crippen molar-refractivity contribution in [3.8, 4) is 11.5 Å². The summed E-state index contributed by atoms with van der Waals surface area (Å²) in [6.45, 7) is 4.25. The van der Waals surface area contributed by atoms with Gasteiger partial charge in [0.05, 0.1) is 5.56 Å². The molecule has 2 nitrogen and oxygen atoms in total. The molecule has 0 saturated heterocycles. The standard InChI is InChI=1S/C15H18O2/c1-10(2)11-8-13(16)12-4-7-15(5-3-6-15)17-14(12)9-11/h4,7-10,16H,3,5-6H2,1-2H3. The number of aromatic hydroxyl groups is 1. The predicted octanol–water partition coefficient (Wildman–Crippen LogP) is 3.84. The second-order valence-corrected chi connectivity index (χ2v) is 5.46. The second kappa shape index (κ2) is 3.52. The van der Waals surface area contributed by atoms with E-state index < -0.39 is 0 Å². The molecule has 0 amide bonds. The van der Waals surface area contributed by atoms with Gasteiger partial charge in [-0.1, -0.05) is 13.8 Å². The van der Waals surface area contributed by atoms with Crippen LogP contribution in [-0.4, -0.2) is 10.7 Å². The van der Waals surface area contributed by atoms with Crippen LogP contribution in [0.25, 0.3) is 6.08 Å². The predicted molar refractivity (Wildman–Crippen MR) is 68.4 cm³/mol. The first-order valence-electron chi connectivity index (χ1n) is 6.35. The van der Waals surface area contributed by atoms with E-state index in [0.717, 1.165) is 29.7 Å². The Morgan fingerprint density at radius 2 is 2.06 bits per heavy atom. The first-order chi connectivity index (χ1) is 8.10. The Hall–Kier alpha value is -1.44. The zero-order valence-electron chi connectivity index (χ0n) is 10.4. The maximum absolute atomic E-state index is 10.0. The zero-order chi connectivity index (χ0) is 12.0. The van der Waals surface area contributed by atoms with Crippen LogP contribution in [0.2, 0.25) is 0 Å². The van der Waals surface area contributed by atoms with Crippen molar-refractivity contribution >= 4 is 6.08 Å². The molecule has 1 heterocycles. The third-order valence-corrected chi connectivity index (χ3v) is 3.88. The van der Waals surface area contributed by atoms with Gasteiger partial charge in [-0.05, 0) is 55.0 Å². The topological polar surface area (TPSA) is 29.5 Å². The molecule has 0 aromatic heterocycles. The summed E-state index contributed by atoms with van der Waals surface area (Å²) >= 11 is 0. The monoisotopic (exact) mass is 230 g/mol. The number of ether oxygens (including phenoxy) is 1. The minimum absolute atomic E-state index is 0.0744. The quantitative estimate of drug-likeness (QED) is 0.794. The Morgan fingerprint density at radius 1 is 1.29 bits per heavy atom. The summed E-state index contributed by atoms with van der Waals surface area (Å²) in [6, 6.07) is 3.92. The maximum atomic E-state index is 10.0. The average molecular weight is 230 g/mol. The van der Waals surface area contributed by atoms with Gasteiger partial charge in [0.2, 0.25) is 0 Å². The van der Waals surface area contributed by atoms with E-state index in [-0.39, 0.29) is 5.60 Å². The first-order valence-corrected chi connectivity index (χ1v) is 6.35. The maximum Gasteiger partial charge on any atom is 0.131 e. The van der Waals surface area contributed by atoms with Crippen molar-refractivity contribution in [3.63, 3.8) is 0 Å². The summed E-state index contributed by atoms with van der Waals surface area (Å²) in [5.74, 6) is 1.57. The molecule has 0 radical (unpaired) electrons. The number of hydrogen-bond donors (Lipinski definition) is 1. The van der Waals surface area contributed by atoms with Crippen LogP contribution >= 0.6 is 0 Å². The molecule has 0 atom stereocenters. The minimum Gasteiger partial charge on any atom is -0.507 e. The van der Waals surface area contributed by atoms with E-state index in [2.05, 4.69) is 26.0 Å². The van der Waals surface area contributed by atoms with Crippen molar-refractivity contribution in [3.05, 3.63) is 29.3 Å². The van der Waals surface area contributed by atoms with Crippen LogP contribution in [0.15, 0.2) is 18.2 Å². The van der Waals surface area contributed by atoms with Crippen molar-refractivity contribution in [1.82, 2.24) is 0 Å². The van der Waals surface area contributed by atoms with Crippen molar-refractivity contribution in [2.24, 2.45) is 0 Å². The Bertz CT molecular complexity index is 482. The smallest absolute Gasteiger partial charge is 0.131 e. The second-order valence-electron chi connectivity index (χ2n) is 5.46. The molecule has 90 valence electrons. The van der Waals surface area contributed by atoms with Crippen molar-refractivity contribution < 1.29 is 9.84 Å². The highest BCUT2D eigenvalue weighted by Gasteiger charge is 2.39. The van der Waals surface area contributed by atoms with E-state index in [0.29, 0.717) is 11.7 Å². The van der Waals surface area contributed by atoms with Crippen LogP contribution in [0.4, 0.5) is 0 Å². The van der Waals surface area contributed by atoms with E-state index in [9.17, 15) is 5.11 Å². The van der Waals surface area contributed by atoms with Gasteiger partial charge in [0.15, 0.2) is 0 Å². The van der Waals surface area contributed by atoms with Crippen LogP contribution in [0.1, 0.15) is 50.2 Å². The van der Waals surface area contributed by atoms with Crippen LogP contribution in [0.5, 0.6) is 11.5 Å². The summed E-state index contributed by atoms with van der Waals surface area (Å²) in [5, 5.41) is 10.0. The Morgan fingerprint density at radius 3 is 2.65 bits per heavy atom. The zero-order valence-corrected chi connectivity index (χ0v) is 10.4. The van der Waals surface area contributed by atoms with Gasteiger partial charge in [0.1, 0.15) is 17.1 Å². The van der Waals surface area contributed by atoms with E-state index in [4.69, 9.17) is 4.74 Å². The van der Waals surface area contributed by atoms with E-state index in [1.54, 1.807) is 0 Å². The first kappa shape index (κ1) is 10.7. The van der Waals surface area contributed by atoms with E-state index in [1.165, 1.54) is 6.42 Å². The highest BCUT2D eigenvalue weighted by Crippen LogP contribution is 2.45. The molecule has 1 aliphatic carbocycles. The number of hydrogen-bond acceptors (Lipinski definition) is 2. The van der Waals surface area contributed by atoms with Gasteiger partial charge in [-0.2, -0.15) is 0 Å². The lowest BCUT2D eigenvalue weighted by atomic mass is 9.78. The van der Waals surface area contributed by atoms with Crippen molar-refractivity contribution in [2.45, 2.75) is 44.6 Å². The molecule has 17 heavy (non-hydrogen) atoms. The molecule has 2 heteroatoms. The summed E-state index contributed by atoms with van der Waals surface area (Å²) in [5.41, 5.74) is 1.88. The number of phenolic OH excluding ortho intramolecular Hbond substituents is 1. The van der Waals surface area contributed by atoms with Gasteiger partial charge >= 0.3 is 0 Å². The molecule has 1 aromatic rings. The van der Waals surface area contributed by atoms with Gasteiger partial charge < -0.3 is 9.84 Å². The lowest BCUT2D eigenvalue weighted by molar-refractivity contribution is 0.0379. The Labute approximate surface area is 102 Å². The molecule has 2 aliphatic rings. The van der Waals surface area contributed by atoms with Crippen molar-refractivity contribution in [1.29, 1.82) is 0 Å². The fraction of sp³-hybridized carbons (Fsp3) is 0.467. The molecular weight excluding hydrogens is 212 g/mol. The van der Waals surface area contributed by atoms with E-state index >= 15 is 0 Å². The number of fused-ring (bicyclic) bond motifs is 1. The molecule has 1 N–H and O–H groups in total. The molecule has 1 spiro atoms. The molecule has 1 aliphatic heterocycles. The Kier molecular flexibility index (Phi) is 2.22. The average Bonchev–Trinajstić information content (AvgIpc) is 2.26. The lowest BCUT2D eigenvalue weighted by Crippen LogP contribution is -2.42. The van der Waals surface area contributed by atoms with Crippen LogP contribution in [-0.2, 0) is 0 Å². The number of rotatable bonds is 1. The molecule has 1 saturated carbocycles. The van der Waals surface area contributed by atoms with Gasteiger partial charge in [0.25, 0.3) is 0 Å². The van der Waals surface area contributed by atoms with Gasteiger partial charge in [-0.3, -0.25) is 0 Å². The highest BCUT2D eigenvalue weighted by atomic mass is 16.5. The van der Waals surface area contributed by atoms with E-state index in [1.807, 2.05) is 12.1 Å². The summed E-state index contributed by atoms with van der Waals surface area (Å²) in [6.07, 6.45) is 7.53. The summed E-state index contributed by atoms with van der Waals surface area (Å²) < 4.78 is 6.08. The molecule has 0 bridgehead atoms. The fourth-order valence-corrected chi connectivity index (χ4v) is 2.50. The molecule has 1 fully saturated rings. The van der Waals surface area contributed by atoms with Crippen LogP contribution in [0, 0.1) is 0 Å². The Balaban J connectivity index is 2.05. The van der Waals surface area contributed by atoms with Crippen molar-refractivity contribution in [2.75, 3.05) is 0 Å². The number of phenols is 1. The number of benzene rings is 1. The van der Waals surface area contributed by atoms with Gasteiger partial charge in [0, 0.05) is 0 Å². The van der Waals surface area contributed by atoms with Gasteiger partial charge in [-0.25, -0.2) is 0 Å². The molecule has 0 unspecified atom stereocenters. The fourth-order valence-electron chi connectivity index (χ4n) is 2.50. The van der Waals surface area contributed by atoms with Gasteiger partial charge in [-0.15, -0.1) is 0 Å². The largest absolute Gasteiger partial charge is 0.507 e. The van der Waals surface area contributed by atoms with Crippen LogP contribution < -0.4 is 4.74 Å². The molecule has 1 aromatic carbocycles. The summed E-state index contributed by atoms with van der Waals surface area (Å²) in [7, 11) is 0. The molecule has 3 rings (SSSR count). The minimum atomic E-state index is -0.0744. The third kappa shape index (κ3) is 1.63.